The average molecular weight is 333 g/mol. The van der Waals surface area contributed by atoms with Crippen molar-refractivity contribution in [2.24, 2.45) is 0 Å². The van der Waals surface area contributed by atoms with Crippen LogP contribution in [0.5, 0.6) is 5.75 Å². The number of hydrogen-bond acceptors (Lipinski definition) is 1. The van der Waals surface area contributed by atoms with E-state index in [4.69, 9.17) is 16.3 Å². The third-order valence-corrected chi connectivity index (χ3v) is 4.81. The highest BCUT2D eigenvalue weighted by atomic mass is 35.5. The van der Waals surface area contributed by atoms with Crippen LogP contribution < -0.4 is 4.74 Å². The van der Waals surface area contributed by atoms with E-state index in [1.54, 1.807) is 0 Å². The van der Waals surface area contributed by atoms with E-state index in [0.717, 1.165) is 27.7 Å². The van der Waals surface area contributed by atoms with Crippen LogP contribution in [-0.2, 0) is 5.41 Å². The number of fused-ring (bicyclic) bond motifs is 1. The van der Waals surface area contributed by atoms with Crippen molar-refractivity contribution >= 4 is 17.4 Å². The summed E-state index contributed by atoms with van der Waals surface area (Å²) in [5.74, 6) is 1.73. The van der Waals surface area contributed by atoms with Gasteiger partial charge >= 0.3 is 0 Å². The molecule has 0 aliphatic carbocycles. The molecule has 0 saturated carbocycles. The van der Waals surface area contributed by atoms with Crippen LogP contribution in [0.4, 0.5) is 0 Å². The second-order valence-electron chi connectivity index (χ2n) is 6.19. The van der Waals surface area contributed by atoms with E-state index < -0.39 is 0 Å². The monoisotopic (exact) mass is 332 g/mol. The third-order valence-electron chi connectivity index (χ3n) is 4.57. The van der Waals surface area contributed by atoms with Crippen molar-refractivity contribution in [3.8, 4) is 5.75 Å². The van der Waals surface area contributed by atoms with E-state index in [2.05, 4.69) is 49.4 Å². The molecular formula is C22H17ClO. The molecule has 1 unspecified atom stereocenters. The fourth-order valence-corrected chi connectivity index (χ4v) is 3.42. The van der Waals surface area contributed by atoms with Crippen molar-refractivity contribution in [2.75, 3.05) is 0 Å². The molecule has 0 saturated heterocycles. The molecule has 118 valence electrons. The maximum absolute atomic E-state index is 6.27. The Hall–Kier alpha value is -2.51. The first-order valence-electron chi connectivity index (χ1n) is 7.98. The van der Waals surface area contributed by atoms with Gasteiger partial charge in [-0.25, -0.2) is 0 Å². The average Bonchev–Trinajstić information content (AvgIpc) is 2.64. The molecule has 24 heavy (non-hydrogen) atoms. The zero-order valence-electron chi connectivity index (χ0n) is 13.4. The van der Waals surface area contributed by atoms with Crippen LogP contribution in [0.1, 0.15) is 23.6 Å². The van der Waals surface area contributed by atoms with Gasteiger partial charge in [-0.1, -0.05) is 72.3 Å². The Bertz CT molecular complexity index is 900. The Balaban J connectivity index is 1.95. The quantitative estimate of drug-likeness (QED) is 0.552. The molecular weight excluding hydrogens is 316 g/mol. The van der Waals surface area contributed by atoms with Crippen molar-refractivity contribution in [3.63, 3.8) is 0 Å². The molecule has 1 aliphatic heterocycles. The molecule has 0 fully saturated rings. The lowest BCUT2D eigenvalue weighted by Crippen LogP contribution is -2.26. The van der Waals surface area contributed by atoms with E-state index in [0.29, 0.717) is 0 Å². The molecule has 1 nitrogen and oxygen atoms in total. The highest BCUT2D eigenvalue weighted by molar-refractivity contribution is 6.30. The Morgan fingerprint density at radius 1 is 0.833 bits per heavy atom. The Labute approximate surface area is 147 Å². The summed E-state index contributed by atoms with van der Waals surface area (Å²) in [5, 5.41) is 0.719. The number of benzene rings is 3. The van der Waals surface area contributed by atoms with Gasteiger partial charge in [0.05, 0.1) is 0 Å². The minimum Gasteiger partial charge on any atom is -0.457 e. The molecule has 3 aromatic rings. The summed E-state index contributed by atoms with van der Waals surface area (Å²) in [5.41, 5.74) is 3.07. The Kier molecular flexibility index (Phi) is 3.66. The highest BCUT2D eigenvalue weighted by Crippen LogP contribution is 2.46. The lowest BCUT2D eigenvalue weighted by atomic mass is 9.74. The first kappa shape index (κ1) is 15.0. The molecule has 0 aromatic heterocycles. The van der Waals surface area contributed by atoms with E-state index in [1.807, 2.05) is 42.5 Å². The van der Waals surface area contributed by atoms with Crippen molar-refractivity contribution in [2.45, 2.75) is 12.3 Å². The zero-order chi connectivity index (χ0) is 16.6. The molecule has 4 rings (SSSR count). The molecule has 1 heterocycles. The first-order chi connectivity index (χ1) is 11.7. The fraction of sp³-hybridized carbons (Fsp3) is 0.0909. The van der Waals surface area contributed by atoms with Gasteiger partial charge < -0.3 is 4.74 Å². The lowest BCUT2D eigenvalue weighted by molar-refractivity contribution is 0.470. The van der Waals surface area contributed by atoms with Gasteiger partial charge in [0.15, 0.2) is 0 Å². The smallest absolute Gasteiger partial charge is 0.131 e. The summed E-state index contributed by atoms with van der Waals surface area (Å²) >= 11 is 6.27. The molecule has 0 amide bonds. The minimum atomic E-state index is -0.301. The number of allylic oxidation sites excluding steroid dienone is 1. The Morgan fingerprint density at radius 3 is 2.21 bits per heavy atom. The van der Waals surface area contributed by atoms with E-state index in [9.17, 15) is 0 Å². The summed E-state index contributed by atoms with van der Waals surface area (Å²) in [4.78, 5) is 0. The zero-order valence-corrected chi connectivity index (χ0v) is 14.1. The maximum atomic E-state index is 6.27. The normalized spacial score (nSPS) is 19.2. The molecule has 0 radical (unpaired) electrons. The molecule has 1 aliphatic rings. The van der Waals surface area contributed by atoms with Gasteiger partial charge in [0.25, 0.3) is 0 Å². The second kappa shape index (κ2) is 5.85. The van der Waals surface area contributed by atoms with Gasteiger partial charge in [0.2, 0.25) is 0 Å². The number of ether oxygens (including phenoxy) is 1. The summed E-state index contributed by atoms with van der Waals surface area (Å²) in [6, 6.07) is 26.5. The van der Waals surface area contributed by atoms with E-state index >= 15 is 0 Å². The standard InChI is InChI=1S/C22H17ClO/c1-22(17-10-6-3-7-11-17)15-21(16-8-4-2-5-9-16)24-20-13-12-18(23)14-19(20)22/h2-15H,1H3. The van der Waals surface area contributed by atoms with Crippen molar-refractivity contribution in [1.82, 2.24) is 0 Å². The van der Waals surface area contributed by atoms with E-state index in [1.165, 1.54) is 5.56 Å². The highest BCUT2D eigenvalue weighted by Gasteiger charge is 2.35. The Morgan fingerprint density at radius 2 is 1.50 bits per heavy atom. The predicted molar refractivity (Wildman–Crippen MR) is 99.4 cm³/mol. The van der Waals surface area contributed by atoms with Crippen LogP contribution in [0.25, 0.3) is 5.76 Å². The molecule has 3 aromatic carbocycles. The van der Waals surface area contributed by atoms with Gasteiger partial charge in [0.1, 0.15) is 11.5 Å². The van der Waals surface area contributed by atoms with Crippen LogP contribution in [-0.4, -0.2) is 0 Å². The fourth-order valence-electron chi connectivity index (χ4n) is 3.25. The predicted octanol–water partition coefficient (Wildman–Crippen LogP) is 6.08. The largest absolute Gasteiger partial charge is 0.457 e. The van der Waals surface area contributed by atoms with Crippen molar-refractivity contribution in [1.29, 1.82) is 0 Å². The van der Waals surface area contributed by atoms with Gasteiger partial charge in [-0.3, -0.25) is 0 Å². The lowest BCUT2D eigenvalue weighted by Gasteiger charge is -2.34. The van der Waals surface area contributed by atoms with Crippen molar-refractivity contribution in [3.05, 3.63) is 107 Å². The summed E-state index contributed by atoms with van der Waals surface area (Å²) in [7, 11) is 0. The number of hydrogen-bond donors (Lipinski definition) is 0. The van der Waals surface area contributed by atoms with Gasteiger partial charge in [0, 0.05) is 21.6 Å². The van der Waals surface area contributed by atoms with Crippen LogP contribution in [0.15, 0.2) is 84.9 Å². The minimum absolute atomic E-state index is 0.301. The first-order valence-corrected chi connectivity index (χ1v) is 8.36. The van der Waals surface area contributed by atoms with Gasteiger partial charge in [-0.15, -0.1) is 0 Å². The van der Waals surface area contributed by atoms with Crippen LogP contribution in [0, 0.1) is 0 Å². The molecule has 0 bridgehead atoms. The van der Waals surface area contributed by atoms with Crippen LogP contribution in [0.2, 0.25) is 5.02 Å². The maximum Gasteiger partial charge on any atom is 0.131 e. The second-order valence-corrected chi connectivity index (χ2v) is 6.62. The molecule has 0 N–H and O–H groups in total. The summed E-state index contributed by atoms with van der Waals surface area (Å²) in [6.45, 7) is 2.21. The SMILES string of the molecule is CC1(c2ccccc2)C=C(c2ccccc2)Oc2ccc(Cl)cc21. The van der Waals surface area contributed by atoms with Gasteiger partial charge in [-0.2, -0.15) is 0 Å². The molecule has 0 spiro atoms. The topological polar surface area (TPSA) is 9.23 Å². The molecule has 1 atom stereocenters. The third kappa shape index (κ3) is 2.51. The van der Waals surface area contributed by atoms with E-state index in [-0.39, 0.29) is 5.41 Å². The number of rotatable bonds is 2. The number of halogens is 1. The van der Waals surface area contributed by atoms with Crippen LogP contribution >= 0.6 is 11.6 Å². The van der Waals surface area contributed by atoms with Crippen LogP contribution in [0.3, 0.4) is 0 Å². The van der Waals surface area contributed by atoms with Crippen molar-refractivity contribution < 1.29 is 4.74 Å². The van der Waals surface area contributed by atoms with Gasteiger partial charge in [-0.05, 0) is 36.8 Å². The summed E-state index contributed by atoms with van der Waals surface area (Å²) in [6.07, 6.45) is 2.19. The molecule has 2 heteroatoms. The summed E-state index contributed by atoms with van der Waals surface area (Å²) < 4.78 is 6.19.